The van der Waals surface area contributed by atoms with Crippen LogP contribution in [0.5, 0.6) is 0 Å². The molecule has 1 saturated carbocycles. The number of aliphatic hydroxyl groups excluding tert-OH is 2. The first-order chi connectivity index (χ1) is 25.7. The lowest BCUT2D eigenvalue weighted by Crippen LogP contribution is -2.33. The number of anilines is 1. The summed E-state index contributed by atoms with van der Waals surface area (Å²) in [7, 11) is -9.60. The molecule has 1 aliphatic heterocycles. The number of nitrogens with zero attached hydrogens (tertiary/aromatic N) is 4. The molecular weight excluding hydrogens is 768 g/mol. The minimum Gasteiger partial charge on any atom is -0.387 e. The summed E-state index contributed by atoms with van der Waals surface area (Å²) < 4.78 is 34.9. The number of fused-ring (bicyclic) bond motifs is 3. The smallest absolute Gasteiger partial charge is 0.340 e. The molecule has 0 spiro atoms. The van der Waals surface area contributed by atoms with Crippen LogP contribution < -0.4 is 16.0 Å². The van der Waals surface area contributed by atoms with E-state index in [0.29, 0.717) is 30.5 Å². The zero-order valence-electron chi connectivity index (χ0n) is 29.1. The molecule has 2 amide bonds. The molecule has 8 atom stereocenters. The van der Waals surface area contributed by atoms with Crippen molar-refractivity contribution in [3.8, 4) is 0 Å². The maximum atomic E-state index is 12.7. The van der Waals surface area contributed by atoms with Crippen molar-refractivity contribution in [2.45, 2.75) is 69.6 Å². The van der Waals surface area contributed by atoms with Crippen molar-refractivity contribution in [1.29, 1.82) is 0 Å². The van der Waals surface area contributed by atoms with Crippen LogP contribution in [0.15, 0.2) is 42.7 Å². The Hall–Kier alpha value is -3.28. The van der Waals surface area contributed by atoms with Gasteiger partial charge in [0, 0.05) is 31.1 Å². The molecular formula is C33H44ClN7O11P2. The number of rotatable bonds is 18. The lowest BCUT2D eigenvalue weighted by molar-refractivity contribution is -0.125. The highest BCUT2D eigenvalue weighted by molar-refractivity contribution is 7.70. The van der Waals surface area contributed by atoms with Crippen LogP contribution in [0.2, 0.25) is 5.28 Å². The quantitative estimate of drug-likeness (QED) is 0.0397. The molecule has 0 radical (unpaired) electrons. The summed E-state index contributed by atoms with van der Waals surface area (Å²) in [5, 5.41) is 30.2. The van der Waals surface area contributed by atoms with E-state index < -0.39 is 52.2 Å². The lowest BCUT2D eigenvalue weighted by Gasteiger charge is -2.18. The third-order valence-electron chi connectivity index (χ3n) is 9.79. The standard InChI is InChI=1S/C33H44ClN7O11P2/c34-33-39-28(25-29(40-33)41(17-38-25)32-27(43)26(42)24(52-32)16-51-54(49,50)18-53(46,47)48)37-15-19-5-8-21(9-6-19)30(44)35-11-3-1-2-4-12-36-31(45)23-14-20-7-10-22(23)13-20/h5-10,17,20,22-24,26-27,32,42-43H,1-4,11-16,18H2,(H,35,44)(H,36,45)(H,49,50)(H,37,39,40)(H2,46,47,48)/t20-,22+,23?,24-,26-,27-,32-/m1/s1. The number of unbranched alkanes of at least 4 members (excludes halogenated alkanes) is 3. The van der Waals surface area contributed by atoms with E-state index in [4.69, 9.17) is 30.6 Å². The molecule has 1 aromatic carbocycles. The number of aliphatic hydroxyl groups is 2. The number of nitrogens with one attached hydrogen (secondary N) is 3. The first kappa shape index (κ1) is 40.4. The second-order valence-electron chi connectivity index (χ2n) is 13.8. The summed E-state index contributed by atoms with van der Waals surface area (Å²) in [6.07, 6.45) is 5.63. The Balaban J connectivity index is 0.940. The van der Waals surface area contributed by atoms with E-state index in [9.17, 15) is 33.8 Å². The van der Waals surface area contributed by atoms with Crippen molar-refractivity contribution < 1.29 is 52.9 Å². The highest BCUT2D eigenvalue weighted by Crippen LogP contribution is 2.55. The topological polar surface area (TPSA) is 268 Å². The normalized spacial score (nSPS) is 25.9. The zero-order chi connectivity index (χ0) is 38.6. The van der Waals surface area contributed by atoms with Crippen LogP contribution >= 0.6 is 26.8 Å². The molecule has 8 N–H and O–H groups in total. The first-order valence-corrected chi connectivity index (χ1v) is 21.6. The maximum absolute atomic E-state index is 12.7. The summed E-state index contributed by atoms with van der Waals surface area (Å²) in [6.45, 7) is 0.745. The third-order valence-corrected chi connectivity index (χ3v) is 13.4. The Morgan fingerprint density at radius 1 is 0.963 bits per heavy atom. The number of allylic oxidation sites excluding steroid dienone is 2. The third kappa shape index (κ3) is 10.1. The zero-order valence-corrected chi connectivity index (χ0v) is 31.7. The number of benzene rings is 1. The van der Waals surface area contributed by atoms with Crippen LogP contribution in [-0.2, 0) is 29.7 Å². The van der Waals surface area contributed by atoms with Gasteiger partial charge < -0.3 is 50.1 Å². The van der Waals surface area contributed by atoms with Crippen molar-refractivity contribution in [3.63, 3.8) is 0 Å². The highest BCUT2D eigenvalue weighted by atomic mass is 35.5. The average molecular weight is 812 g/mol. The number of imidazole rings is 1. The molecule has 2 unspecified atom stereocenters. The average Bonchev–Trinajstić information content (AvgIpc) is 3.91. The molecule has 2 aliphatic carbocycles. The Labute approximate surface area is 315 Å². The number of ether oxygens (including phenoxy) is 1. The second-order valence-corrected chi connectivity index (χ2v) is 18.2. The van der Waals surface area contributed by atoms with E-state index in [1.54, 1.807) is 24.3 Å². The number of aromatic nitrogens is 4. The molecule has 3 aliphatic rings. The fourth-order valence-corrected chi connectivity index (χ4v) is 9.79. The molecule has 3 heterocycles. The number of amides is 2. The molecule has 6 rings (SSSR count). The van der Waals surface area contributed by atoms with E-state index in [-0.39, 0.29) is 46.5 Å². The van der Waals surface area contributed by atoms with E-state index in [1.807, 2.05) is 0 Å². The van der Waals surface area contributed by atoms with Gasteiger partial charge in [-0.15, -0.1) is 0 Å². The van der Waals surface area contributed by atoms with Crippen LogP contribution in [0, 0.1) is 17.8 Å². The molecule has 2 bridgehead atoms. The fourth-order valence-electron chi connectivity index (χ4n) is 7.05. The van der Waals surface area contributed by atoms with E-state index in [2.05, 4.69) is 43.1 Å². The minimum absolute atomic E-state index is 0.131. The van der Waals surface area contributed by atoms with Gasteiger partial charge >= 0.3 is 15.2 Å². The van der Waals surface area contributed by atoms with Gasteiger partial charge in [-0.2, -0.15) is 9.97 Å². The van der Waals surface area contributed by atoms with Crippen LogP contribution in [0.25, 0.3) is 11.2 Å². The monoisotopic (exact) mass is 811 g/mol. The first-order valence-electron chi connectivity index (χ1n) is 17.7. The molecule has 2 aromatic heterocycles. The van der Waals surface area contributed by atoms with E-state index in [0.717, 1.165) is 44.1 Å². The number of hydrogen-bond donors (Lipinski definition) is 8. The van der Waals surface area contributed by atoms with Crippen LogP contribution in [-0.4, -0.2) is 100 Å². The van der Waals surface area contributed by atoms with Gasteiger partial charge in [0.15, 0.2) is 29.1 Å². The Kier molecular flexibility index (Phi) is 12.9. The van der Waals surface area contributed by atoms with Gasteiger partial charge in [-0.1, -0.05) is 37.1 Å². The highest BCUT2D eigenvalue weighted by Gasteiger charge is 2.46. The SMILES string of the molecule is O=C(NCCCCCCNC(=O)C1C[C@@H]2C=C[C@H]1C2)c1ccc(CNc2nc(Cl)nc3c2ncn3[C@@H]2O[C@H](COP(=O)(O)CP(=O)(O)O)[C@@H](O)[C@H]2O)cc1. The molecule has 294 valence electrons. The molecule has 54 heavy (non-hydrogen) atoms. The number of carbonyl (C=O) groups excluding carboxylic acids is 2. The Bertz CT molecular complexity index is 1940. The van der Waals surface area contributed by atoms with Crippen LogP contribution in [0.3, 0.4) is 0 Å². The van der Waals surface area contributed by atoms with Crippen molar-refractivity contribution in [2.24, 2.45) is 17.8 Å². The largest absolute Gasteiger partial charge is 0.387 e. The number of hydrogen-bond acceptors (Lipinski definition) is 12. The summed E-state index contributed by atoms with van der Waals surface area (Å²) >= 11 is 6.21. The summed E-state index contributed by atoms with van der Waals surface area (Å²) in [5.41, 5.74) is 1.71. The van der Waals surface area contributed by atoms with Crippen LogP contribution in [0.4, 0.5) is 5.82 Å². The fraction of sp³-hybridized carbons (Fsp3) is 0.545. The summed E-state index contributed by atoms with van der Waals surface area (Å²) in [5.74, 6) is -0.0610. The van der Waals surface area contributed by atoms with Gasteiger partial charge in [0.25, 0.3) is 5.91 Å². The van der Waals surface area contributed by atoms with Gasteiger partial charge in [-0.3, -0.25) is 23.3 Å². The summed E-state index contributed by atoms with van der Waals surface area (Å²) in [6, 6.07) is 7.01. The van der Waals surface area contributed by atoms with Crippen molar-refractivity contribution in [2.75, 3.05) is 30.9 Å². The van der Waals surface area contributed by atoms with Crippen molar-refractivity contribution >= 4 is 55.6 Å². The van der Waals surface area contributed by atoms with Gasteiger partial charge in [0.2, 0.25) is 11.2 Å². The van der Waals surface area contributed by atoms with E-state index >= 15 is 0 Å². The second kappa shape index (κ2) is 17.2. The molecule has 18 nitrogen and oxygen atoms in total. The summed E-state index contributed by atoms with van der Waals surface area (Å²) in [4.78, 5) is 65.6. The van der Waals surface area contributed by atoms with Gasteiger partial charge in [-0.05, 0) is 66.8 Å². The van der Waals surface area contributed by atoms with E-state index in [1.165, 1.54) is 10.9 Å². The predicted octanol–water partition coefficient (Wildman–Crippen LogP) is 2.67. The minimum atomic E-state index is -4.87. The van der Waals surface area contributed by atoms with Gasteiger partial charge in [-0.25, -0.2) is 4.98 Å². The van der Waals surface area contributed by atoms with Crippen molar-refractivity contribution in [1.82, 2.24) is 30.2 Å². The molecule has 21 heteroatoms. The Morgan fingerprint density at radius 2 is 1.69 bits per heavy atom. The molecule has 2 fully saturated rings. The Morgan fingerprint density at radius 3 is 2.35 bits per heavy atom. The maximum Gasteiger partial charge on any atom is 0.340 e. The van der Waals surface area contributed by atoms with Crippen molar-refractivity contribution in [3.05, 3.63) is 59.2 Å². The van der Waals surface area contributed by atoms with Crippen LogP contribution in [0.1, 0.15) is 60.7 Å². The lowest BCUT2D eigenvalue weighted by atomic mass is 9.93. The molecule has 1 saturated heterocycles. The number of halogens is 1. The predicted molar refractivity (Wildman–Crippen MR) is 195 cm³/mol. The molecule has 3 aromatic rings. The van der Waals surface area contributed by atoms with Gasteiger partial charge in [0.1, 0.15) is 18.3 Å². The number of carbonyl (C=O) groups is 2. The van der Waals surface area contributed by atoms with Gasteiger partial charge in [0.05, 0.1) is 12.9 Å².